The standard InChI is InChI=1S/C29H32N6O3/c1-20(36)33-12-14-34(15-13-33)24-9-5-6-21(16-24)17-28(37)32-27-18-26(25(19-31-27)29(30)38)35(23-10-11-23)22-7-3-2-4-8-22/h2-9,16,18-19,23H,10-15,17H2,1H3,(H2,30,38)(H,31,32,37). The van der Waals surface area contributed by atoms with Gasteiger partial charge in [-0.1, -0.05) is 30.3 Å². The van der Waals surface area contributed by atoms with E-state index in [4.69, 9.17) is 5.73 Å². The van der Waals surface area contributed by atoms with Crippen LogP contribution >= 0.6 is 0 Å². The van der Waals surface area contributed by atoms with Gasteiger partial charge in [0.25, 0.3) is 5.91 Å². The van der Waals surface area contributed by atoms with Gasteiger partial charge in [0.2, 0.25) is 11.8 Å². The lowest BCUT2D eigenvalue weighted by Gasteiger charge is -2.35. The van der Waals surface area contributed by atoms with Crippen LogP contribution in [0.3, 0.4) is 0 Å². The van der Waals surface area contributed by atoms with Crippen molar-refractivity contribution in [2.24, 2.45) is 5.73 Å². The summed E-state index contributed by atoms with van der Waals surface area (Å²) in [4.78, 5) is 47.3. The number of pyridine rings is 1. The third-order valence-corrected chi connectivity index (χ3v) is 6.99. The molecule has 9 heteroatoms. The highest BCUT2D eigenvalue weighted by atomic mass is 16.2. The lowest BCUT2D eigenvalue weighted by Crippen LogP contribution is -2.48. The highest BCUT2D eigenvalue weighted by Gasteiger charge is 2.33. The molecule has 9 nitrogen and oxygen atoms in total. The summed E-state index contributed by atoms with van der Waals surface area (Å²) in [6.07, 6.45) is 3.64. The maximum Gasteiger partial charge on any atom is 0.252 e. The Hall–Kier alpha value is -4.40. The Kier molecular flexibility index (Phi) is 7.26. The molecule has 0 spiro atoms. The van der Waals surface area contributed by atoms with E-state index in [9.17, 15) is 14.4 Å². The number of nitrogens with one attached hydrogen (secondary N) is 1. The number of rotatable bonds is 8. The van der Waals surface area contributed by atoms with Gasteiger partial charge in [0.1, 0.15) is 5.82 Å². The van der Waals surface area contributed by atoms with Crippen molar-refractivity contribution in [3.8, 4) is 0 Å². The number of carbonyl (C=O) groups excluding carboxylic acids is 3. The van der Waals surface area contributed by atoms with Crippen LogP contribution in [0.15, 0.2) is 66.9 Å². The summed E-state index contributed by atoms with van der Waals surface area (Å²) in [6.45, 7) is 4.49. The fourth-order valence-electron chi connectivity index (χ4n) is 4.89. The van der Waals surface area contributed by atoms with Crippen molar-refractivity contribution in [3.05, 3.63) is 78.0 Å². The second-order valence-corrected chi connectivity index (χ2v) is 9.78. The third kappa shape index (κ3) is 5.77. The van der Waals surface area contributed by atoms with E-state index >= 15 is 0 Å². The maximum absolute atomic E-state index is 13.0. The van der Waals surface area contributed by atoms with Crippen molar-refractivity contribution in [3.63, 3.8) is 0 Å². The molecule has 1 saturated carbocycles. The van der Waals surface area contributed by atoms with Crippen molar-refractivity contribution in [1.82, 2.24) is 9.88 Å². The molecule has 2 fully saturated rings. The van der Waals surface area contributed by atoms with Gasteiger partial charge < -0.3 is 25.8 Å². The van der Waals surface area contributed by atoms with Gasteiger partial charge >= 0.3 is 0 Å². The fourth-order valence-corrected chi connectivity index (χ4v) is 4.89. The summed E-state index contributed by atoms with van der Waals surface area (Å²) in [5.74, 6) is -0.299. The molecule has 2 aromatic carbocycles. The van der Waals surface area contributed by atoms with Gasteiger partial charge in [0, 0.05) is 62.8 Å². The molecule has 0 atom stereocenters. The van der Waals surface area contributed by atoms with Gasteiger partial charge in [-0.15, -0.1) is 0 Å². The number of aromatic nitrogens is 1. The molecule has 3 amide bonds. The molecule has 0 unspecified atom stereocenters. The minimum Gasteiger partial charge on any atom is -0.368 e. The maximum atomic E-state index is 13.0. The van der Waals surface area contributed by atoms with Crippen LogP contribution in [0.5, 0.6) is 0 Å². The van der Waals surface area contributed by atoms with E-state index in [2.05, 4.69) is 20.1 Å². The number of piperazine rings is 1. The summed E-state index contributed by atoms with van der Waals surface area (Å²) in [5.41, 5.74) is 9.52. The van der Waals surface area contributed by atoms with Crippen molar-refractivity contribution >= 4 is 40.6 Å². The van der Waals surface area contributed by atoms with E-state index in [-0.39, 0.29) is 24.3 Å². The van der Waals surface area contributed by atoms with Gasteiger partial charge in [-0.25, -0.2) is 4.98 Å². The molecule has 2 aliphatic rings. The smallest absolute Gasteiger partial charge is 0.252 e. The van der Waals surface area contributed by atoms with Crippen LogP contribution in [-0.2, 0) is 16.0 Å². The molecule has 1 aliphatic carbocycles. The second-order valence-electron chi connectivity index (χ2n) is 9.78. The molecule has 1 aliphatic heterocycles. The number of benzene rings is 2. The Bertz CT molecular complexity index is 1330. The number of nitrogens with zero attached hydrogens (tertiary/aromatic N) is 4. The van der Waals surface area contributed by atoms with E-state index in [0.717, 1.165) is 42.9 Å². The second kappa shape index (κ2) is 10.9. The Labute approximate surface area is 222 Å². The molecular weight excluding hydrogens is 480 g/mol. The number of amides is 3. The predicted octanol–water partition coefficient (Wildman–Crippen LogP) is 3.33. The van der Waals surface area contributed by atoms with E-state index < -0.39 is 5.91 Å². The summed E-state index contributed by atoms with van der Waals surface area (Å²) in [6, 6.07) is 19.8. The highest BCUT2D eigenvalue weighted by Crippen LogP contribution is 2.40. The molecule has 0 bridgehead atoms. The van der Waals surface area contributed by atoms with E-state index in [1.807, 2.05) is 59.5 Å². The van der Waals surface area contributed by atoms with Crippen LogP contribution in [0.1, 0.15) is 35.7 Å². The van der Waals surface area contributed by atoms with Crippen molar-refractivity contribution < 1.29 is 14.4 Å². The average Bonchev–Trinajstić information content (AvgIpc) is 3.75. The first kappa shape index (κ1) is 25.3. The van der Waals surface area contributed by atoms with Crippen molar-refractivity contribution in [2.75, 3.05) is 41.3 Å². The largest absolute Gasteiger partial charge is 0.368 e. The Morgan fingerprint density at radius 3 is 2.39 bits per heavy atom. The van der Waals surface area contributed by atoms with E-state index in [0.29, 0.717) is 30.2 Å². The monoisotopic (exact) mass is 512 g/mol. The zero-order chi connectivity index (χ0) is 26.6. The first-order valence-corrected chi connectivity index (χ1v) is 12.9. The van der Waals surface area contributed by atoms with Crippen molar-refractivity contribution in [1.29, 1.82) is 0 Å². The minimum absolute atomic E-state index is 0.0970. The molecular formula is C29H32N6O3. The molecule has 1 aromatic heterocycles. The quantitative estimate of drug-likeness (QED) is 0.479. The number of nitrogens with two attached hydrogens (primary N) is 1. The predicted molar refractivity (Wildman–Crippen MR) is 148 cm³/mol. The van der Waals surface area contributed by atoms with Crippen LogP contribution in [-0.4, -0.2) is 59.8 Å². The average molecular weight is 513 g/mol. The number of anilines is 4. The lowest BCUT2D eigenvalue weighted by atomic mass is 10.1. The summed E-state index contributed by atoms with van der Waals surface area (Å²) in [5, 5.41) is 2.89. The summed E-state index contributed by atoms with van der Waals surface area (Å²) < 4.78 is 0. The number of carbonyl (C=O) groups is 3. The summed E-state index contributed by atoms with van der Waals surface area (Å²) >= 11 is 0. The summed E-state index contributed by atoms with van der Waals surface area (Å²) in [7, 11) is 0. The van der Waals surface area contributed by atoms with Gasteiger partial charge in [0.05, 0.1) is 17.7 Å². The molecule has 1 saturated heterocycles. The molecule has 3 N–H and O–H groups in total. The SMILES string of the molecule is CC(=O)N1CCN(c2cccc(CC(=O)Nc3cc(N(c4ccccc4)C4CC4)c(C(N)=O)cn3)c2)CC1. The van der Waals surface area contributed by atoms with Gasteiger partial charge in [-0.2, -0.15) is 0 Å². The van der Waals surface area contributed by atoms with E-state index in [1.165, 1.54) is 6.20 Å². The number of primary amides is 1. The zero-order valence-electron chi connectivity index (χ0n) is 21.5. The van der Waals surface area contributed by atoms with Crippen molar-refractivity contribution in [2.45, 2.75) is 32.2 Å². The minimum atomic E-state index is -0.562. The molecule has 5 rings (SSSR count). The first-order chi connectivity index (χ1) is 18.4. The van der Waals surface area contributed by atoms with Crippen LogP contribution in [0.2, 0.25) is 0 Å². The van der Waals surface area contributed by atoms with E-state index in [1.54, 1.807) is 13.0 Å². The van der Waals surface area contributed by atoms with Crippen LogP contribution < -0.4 is 20.9 Å². The van der Waals surface area contributed by atoms with Crippen LogP contribution in [0.4, 0.5) is 22.9 Å². The van der Waals surface area contributed by atoms with Gasteiger partial charge in [-0.05, 0) is 42.7 Å². The van der Waals surface area contributed by atoms with Crippen LogP contribution in [0.25, 0.3) is 0 Å². The first-order valence-electron chi connectivity index (χ1n) is 12.9. The zero-order valence-corrected chi connectivity index (χ0v) is 21.5. The third-order valence-electron chi connectivity index (χ3n) is 6.99. The van der Waals surface area contributed by atoms with Gasteiger partial charge in [-0.3, -0.25) is 14.4 Å². The molecule has 196 valence electrons. The Morgan fingerprint density at radius 1 is 1.00 bits per heavy atom. The Balaban J connectivity index is 1.31. The topological polar surface area (TPSA) is 112 Å². The molecule has 3 aromatic rings. The molecule has 0 radical (unpaired) electrons. The molecule has 2 heterocycles. The number of para-hydroxylation sites is 1. The number of hydrogen-bond donors (Lipinski definition) is 2. The molecule has 38 heavy (non-hydrogen) atoms. The van der Waals surface area contributed by atoms with Gasteiger partial charge in [0.15, 0.2) is 0 Å². The fraction of sp³-hybridized carbons (Fsp3) is 0.310. The highest BCUT2D eigenvalue weighted by molar-refractivity contribution is 6.01. The Morgan fingerprint density at radius 2 is 1.74 bits per heavy atom. The normalized spacial score (nSPS) is 15.2. The van der Waals surface area contributed by atoms with Crippen LogP contribution in [0, 0.1) is 0 Å². The number of hydrogen-bond acceptors (Lipinski definition) is 6. The lowest BCUT2D eigenvalue weighted by molar-refractivity contribution is -0.129.